The van der Waals surface area contributed by atoms with E-state index in [1.54, 1.807) is 0 Å². The largest absolute Gasteiger partial charge is 0.492 e. The number of hydrogen-bond donors (Lipinski definition) is 1. The molecule has 0 saturated carbocycles. The molecule has 0 spiro atoms. The third-order valence-corrected chi connectivity index (χ3v) is 5.09. The molecule has 0 bridgehead atoms. The van der Waals surface area contributed by atoms with Crippen LogP contribution in [0.4, 0.5) is 5.69 Å². The van der Waals surface area contributed by atoms with Crippen molar-refractivity contribution in [2.45, 2.75) is 52.6 Å². The lowest BCUT2D eigenvalue weighted by Gasteiger charge is -2.39. The Morgan fingerprint density at radius 3 is 2.44 bits per heavy atom. The standard InChI is InChI=1S/C20H33N3O2/c1-6-20(4,5)21-19(24)16(3)22-12-14-23(15-13-22)17-10-8-9-11-18(17)25-7-2/h8-11,16H,6-7,12-15H2,1-5H3,(H,21,24). The number of piperazine rings is 1. The van der Waals surface area contributed by atoms with Crippen LogP contribution in [0.5, 0.6) is 5.75 Å². The first-order valence-electron chi connectivity index (χ1n) is 9.40. The van der Waals surface area contributed by atoms with Crippen molar-refractivity contribution in [1.82, 2.24) is 10.2 Å². The summed E-state index contributed by atoms with van der Waals surface area (Å²) in [7, 11) is 0. The smallest absolute Gasteiger partial charge is 0.237 e. The molecule has 5 heteroatoms. The Morgan fingerprint density at radius 2 is 1.84 bits per heavy atom. The Bertz CT molecular complexity index is 566. The second-order valence-electron chi connectivity index (χ2n) is 7.33. The Balaban J connectivity index is 1.94. The van der Waals surface area contributed by atoms with Gasteiger partial charge in [-0.2, -0.15) is 0 Å². The number of nitrogens with zero attached hydrogens (tertiary/aromatic N) is 2. The van der Waals surface area contributed by atoms with Gasteiger partial charge in [0.15, 0.2) is 0 Å². The van der Waals surface area contributed by atoms with E-state index in [0.29, 0.717) is 6.61 Å². The molecule has 2 rings (SSSR count). The Labute approximate surface area is 152 Å². The fourth-order valence-electron chi connectivity index (χ4n) is 3.04. The first kappa shape index (κ1) is 19.6. The molecule has 0 aliphatic carbocycles. The zero-order valence-corrected chi connectivity index (χ0v) is 16.3. The summed E-state index contributed by atoms with van der Waals surface area (Å²) in [6, 6.07) is 8.09. The Kier molecular flexibility index (Phi) is 6.71. The molecule has 1 fully saturated rings. The number of carbonyl (C=O) groups is 1. The van der Waals surface area contributed by atoms with Crippen LogP contribution < -0.4 is 15.0 Å². The highest BCUT2D eigenvalue weighted by Crippen LogP contribution is 2.29. The maximum atomic E-state index is 12.5. The number of rotatable bonds is 7. The van der Waals surface area contributed by atoms with E-state index in [2.05, 4.69) is 42.0 Å². The van der Waals surface area contributed by atoms with Crippen LogP contribution in [0.1, 0.15) is 41.0 Å². The summed E-state index contributed by atoms with van der Waals surface area (Å²) in [6.45, 7) is 14.5. The molecule has 1 aromatic rings. The predicted octanol–water partition coefficient (Wildman–Crippen LogP) is 2.90. The van der Waals surface area contributed by atoms with Crippen LogP contribution in [0.15, 0.2) is 24.3 Å². The van der Waals surface area contributed by atoms with E-state index in [1.165, 1.54) is 0 Å². The van der Waals surface area contributed by atoms with E-state index in [4.69, 9.17) is 4.74 Å². The number of para-hydroxylation sites is 2. The van der Waals surface area contributed by atoms with Gasteiger partial charge in [-0.3, -0.25) is 9.69 Å². The van der Waals surface area contributed by atoms with E-state index in [0.717, 1.165) is 44.0 Å². The van der Waals surface area contributed by atoms with Gasteiger partial charge in [-0.25, -0.2) is 0 Å². The molecule has 1 N–H and O–H groups in total. The zero-order valence-electron chi connectivity index (χ0n) is 16.3. The molecule has 0 radical (unpaired) electrons. The quantitative estimate of drug-likeness (QED) is 0.824. The van der Waals surface area contributed by atoms with Gasteiger partial charge in [0.05, 0.1) is 18.3 Å². The van der Waals surface area contributed by atoms with Crippen molar-refractivity contribution >= 4 is 11.6 Å². The van der Waals surface area contributed by atoms with Gasteiger partial charge in [0.25, 0.3) is 0 Å². The third-order valence-electron chi connectivity index (χ3n) is 5.09. The fraction of sp³-hybridized carbons (Fsp3) is 0.650. The van der Waals surface area contributed by atoms with Gasteiger partial charge in [-0.15, -0.1) is 0 Å². The lowest BCUT2D eigenvalue weighted by Crippen LogP contribution is -2.56. The lowest BCUT2D eigenvalue weighted by atomic mass is 10.0. The molecule has 1 atom stereocenters. The Hall–Kier alpha value is -1.75. The highest BCUT2D eigenvalue weighted by molar-refractivity contribution is 5.82. The highest BCUT2D eigenvalue weighted by Gasteiger charge is 2.29. The van der Waals surface area contributed by atoms with E-state index in [1.807, 2.05) is 32.0 Å². The molecule has 140 valence electrons. The average Bonchev–Trinajstić information content (AvgIpc) is 2.62. The van der Waals surface area contributed by atoms with Gasteiger partial charge < -0.3 is 15.0 Å². The molecular weight excluding hydrogens is 314 g/mol. The highest BCUT2D eigenvalue weighted by atomic mass is 16.5. The van der Waals surface area contributed by atoms with Crippen LogP contribution >= 0.6 is 0 Å². The molecule has 1 heterocycles. The predicted molar refractivity (Wildman–Crippen MR) is 103 cm³/mol. The summed E-state index contributed by atoms with van der Waals surface area (Å²) in [6.07, 6.45) is 0.924. The van der Waals surface area contributed by atoms with Gasteiger partial charge in [0, 0.05) is 31.7 Å². The second-order valence-corrected chi connectivity index (χ2v) is 7.33. The number of hydrogen-bond acceptors (Lipinski definition) is 4. The molecule has 25 heavy (non-hydrogen) atoms. The number of benzene rings is 1. The summed E-state index contributed by atoms with van der Waals surface area (Å²) in [5.74, 6) is 1.06. The summed E-state index contributed by atoms with van der Waals surface area (Å²) < 4.78 is 5.75. The number of carbonyl (C=O) groups excluding carboxylic acids is 1. The van der Waals surface area contributed by atoms with Crippen molar-refractivity contribution in [2.24, 2.45) is 0 Å². The summed E-state index contributed by atoms with van der Waals surface area (Å²) in [4.78, 5) is 17.1. The maximum Gasteiger partial charge on any atom is 0.237 e. The van der Waals surface area contributed by atoms with Gasteiger partial charge in [-0.05, 0) is 46.2 Å². The summed E-state index contributed by atoms with van der Waals surface area (Å²) in [5, 5.41) is 3.16. The minimum absolute atomic E-state index is 0.102. The van der Waals surface area contributed by atoms with Gasteiger partial charge >= 0.3 is 0 Å². The molecule has 1 unspecified atom stereocenters. The third kappa shape index (κ3) is 5.11. The number of nitrogens with one attached hydrogen (secondary N) is 1. The molecular formula is C20H33N3O2. The van der Waals surface area contributed by atoms with E-state index < -0.39 is 0 Å². The number of anilines is 1. The summed E-state index contributed by atoms with van der Waals surface area (Å²) >= 11 is 0. The topological polar surface area (TPSA) is 44.8 Å². The van der Waals surface area contributed by atoms with Crippen LogP contribution in [0.25, 0.3) is 0 Å². The minimum Gasteiger partial charge on any atom is -0.492 e. The molecule has 1 aliphatic heterocycles. The van der Waals surface area contributed by atoms with Gasteiger partial charge in [0.2, 0.25) is 5.91 Å². The minimum atomic E-state index is -0.149. The summed E-state index contributed by atoms with van der Waals surface area (Å²) in [5.41, 5.74) is 0.997. The average molecular weight is 348 g/mol. The molecule has 5 nitrogen and oxygen atoms in total. The second kappa shape index (κ2) is 8.56. The van der Waals surface area contributed by atoms with Crippen molar-refractivity contribution < 1.29 is 9.53 Å². The normalized spacial score (nSPS) is 17.2. The monoisotopic (exact) mass is 347 g/mol. The first-order valence-corrected chi connectivity index (χ1v) is 9.40. The maximum absolute atomic E-state index is 12.5. The van der Waals surface area contributed by atoms with Crippen molar-refractivity contribution in [3.05, 3.63) is 24.3 Å². The van der Waals surface area contributed by atoms with Crippen LogP contribution in [0, 0.1) is 0 Å². The molecule has 1 saturated heterocycles. The van der Waals surface area contributed by atoms with Crippen LogP contribution in [0.2, 0.25) is 0 Å². The molecule has 0 aromatic heterocycles. The van der Waals surface area contributed by atoms with Gasteiger partial charge in [-0.1, -0.05) is 19.1 Å². The van der Waals surface area contributed by atoms with Crippen molar-refractivity contribution in [2.75, 3.05) is 37.7 Å². The molecule has 1 amide bonds. The van der Waals surface area contributed by atoms with E-state index in [9.17, 15) is 4.79 Å². The van der Waals surface area contributed by atoms with Crippen LogP contribution in [-0.2, 0) is 4.79 Å². The van der Waals surface area contributed by atoms with Crippen molar-refractivity contribution in [3.8, 4) is 5.75 Å². The SMILES string of the molecule is CCOc1ccccc1N1CCN(C(C)C(=O)NC(C)(C)CC)CC1. The van der Waals surface area contributed by atoms with E-state index >= 15 is 0 Å². The van der Waals surface area contributed by atoms with Crippen LogP contribution in [-0.4, -0.2) is 55.2 Å². The number of amides is 1. The van der Waals surface area contributed by atoms with Crippen LogP contribution in [0.3, 0.4) is 0 Å². The zero-order chi connectivity index (χ0) is 18.4. The van der Waals surface area contributed by atoms with Crippen molar-refractivity contribution in [3.63, 3.8) is 0 Å². The number of ether oxygens (including phenoxy) is 1. The molecule has 1 aliphatic rings. The van der Waals surface area contributed by atoms with Gasteiger partial charge in [0.1, 0.15) is 5.75 Å². The fourth-order valence-corrected chi connectivity index (χ4v) is 3.04. The Morgan fingerprint density at radius 1 is 1.20 bits per heavy atom. The first-order chi connectivity index (χ1) is 11.9. The van der Waals surface area contributed by atoms with E-state index in [-0.39, 0.29) is 17.5 Å². The van der Waals surface area contributed by atoms with Crippen molar-refractivity contribution in [1.29, 1.82) is 0 Å². The lowest BCUT2D eigenvalue weighted by molar-refractivity contribution is -0.127. The molecule has 1 aromatic carbocycles.